The fourth-order valence-corrected chi connectivity index (χ4v) is 4.25. The zero-order valence-electron chi connectivity index (χ0n) is 16.8. The molecule has 0 unspecified atom stereocenters. The van der Waals surface area contributed by atoms with Gasteiger partial charge in [-0.15, -0.1) is 0 Å². The number of carbonyl (C=O) groups is 1. The zero-order chi connectivity index (χ0) is 20.4. The molecular formula is C23H24N3O2S+. The Bertz CT molecular complexity index is 1170. The molecule has 5 nitrogen and oxygen atoms in total. The van der Waals surface area contributed by atoms with Crippen LogP contribution in [0.15, 0.2) is 60.7 Å². The van der Waals surface area contributed by atoms with Crippen LogP contribution in [-0.2, 0) is 0 Å². The second-order valence-electron chi connectivity index (χ2n) is 7.31. The maximum absolute atomic E-state index is 13.5. The number of hydrogen-bond donors (Lipinski definition) is 1. The summed E-state index contributed by atoms with van der Waals surface area (Å²) in [6.45, 7) is 1.43. The van der Waals surface area contributed by atoms with E-state index < -0.39 is 0 Å². The average molecular weight is 407 g/mol. The summed E-state index contributed by atoms with van der Waals surface area (Å²) in [6, 6.07) is 19.7. The Hall–Kier alpha value is -2.96. The molecule has 0 radical (unpaired) electrons. The van der Waals surface area contributed by atoms with Crippen molar-refractivity contribution in [1.82, 2.24) is 4.98 Å². The smallest absolute Gasteiger partial charge is 0.260 e. The Morgan fingerprint density at radius 2 is 1.86 bits per heavy atom. The summed E-state index contributed by atoms with van der Waals surface area (Å²) in [7, 11) is 5.82. The highest BCUT2D eigenvalue weighted by Gasteiger charge is 2.22. The largest absolute Gasteiger partial charge is 0.497 e. The van der Waals surface area contributed by atoms with Crippen LogP contribution in [0.25, 0.3) is 21.0 Å². The van der Waals surface area contributed by atoms with Crippen molar-refractivity contribution >= 4 is 43.4 Å². The molecule has 148 valence electrons. The van der Waals surface area contributed by atoms with Crippen LogP contribution in [0.4, 0.5) is 5.13 Å². The number of nitrogens with one attached hydrogen (secondary N) is 1. The second-order valence-corrected chi connectivity index (χ2v) is 8.32. The van der Waals surface area contributed by atoms with Crippen LogP contribution in [0, 0.1) is 0 Å². The monoisotopic (exact) mass is 406 g/mol. The van der Waals surface area contributed by atoms with E-state index in [9.17, 15) is 4.79 Å². The third kappa shape index (κ3) is 4.09. The second kappa shape index (κ2) is 8.19. The molecule has 0 spiro atoms. The van der Waals surface area contributed by atoms with E-state index in [1.807, 2.05) is 54.6 Å². The summed E-state index contributed by atoms with van der Waals surface area (Å²) in [4.78, 5) is 21.3. The number of quaternary nitrogens is 1. The van der Waals surface area contributed by atoms with E-state index in [2.05, 4.69) is 20.2 Å². The molecule has 1 amide bonds. The SMILES string of the molecule is COc1ccc2nc(N(CC[NH+](C)C)C(=O)c3ccc4ccccc4c3)sc2c1. The third-order valence-corrected chi connectivity index (χ3v) is 5.93. The maximum atomic E-state index is 13.5. The summed E-state index contributed by atoms with van der Waals surface area (Å²) in [5.74, 6) is 0.765. The van der Waals surface area contributed by atoms with E-state index in [0.29, 0.717) is 17.2 Å². The highest BCUT2D eigenvalue weighted by Crippen LogP contribution is 2.32. The average Bonchev–Trinajstić information content (AvgIpc) is 3.15. The van der Waals surface area contributed by atoms with Gasteiger partial charge in [0.15, 0.2) is 5.13 Å². The molecule has 4 aromatic rings. The van der Waals surface area contributed by atoms with Crippen LogP contribution in [-0.4, -0.2) is 45.2 Å². The number of hydrogen-bond acceptors (Lipinski definition) is 4. The van der Waals surface area contributed by atoms with Gasteiger partial charge in [0.25, 0.3) is 5.91 Å². The number of rotatable bonds is 6. The van der Waals surface area contributed by atoms with E-state index in [-0.39, 0.29) is 5.91 Å². The topological polar surface area (TPSA) is 46.9 Å². The molecule has 0 bridgehead atoms. The minimum Gasteiger partial charge on any atom is -0.497 e. The number of carbonyl (C=O) groups excluding carboxylic acids is 1. The number of amides is 1. The predicted molar refractivity (Wildman–Crippen MR) is 119 cm³/mol. The summed E-state index contributed by atoms with van der Waals surface area (Å²) < 4.78 is 6.33. The van der Waals surface area contributed by atoms with Crippen LogP contribution >= 0.6 is 11.3 Å². The summed E-state index contributed by atoms with van der Waals surface area (Å²) in [5.41, 5.74) is 1.55. The minimum atomic E-state index is -0.0250. The molecule has 3 aromatic carbocycles. The van der Waals surface area contributed by atoms with Crippen molar-refractivity contribution in [2.24, 2.45) is 0 Å². The molecule has 1 N–H and O–H groups in total. The first-order valence-electron chi connectivity index (χ1n) is 9.59. The first-order chi connectivity index (χ1) is 14.0. The van der Waals surface area contributed by atoms with Crippen molar-refractivity contribution in [1.29, 1.82) is 0 Å². The van der Waals surface area contributed by atoms with E-state index in [0.717, 1.165) is 33.3 Å². The molecule has 29 heavy (non-hydrogen) atoms. The van der Waals surface area contributed by atoms with Gasteiger partial charge in [0.2, 0.25) is 0 Å². The van der Waals surface area contributed by atoms with Crippen LogP contribution < -0.4 is 14.5 Å². The number of methoxy groups -OCH3 is 1. The normalized spacial score (nSPS) is 11.3. The lowest BCUT2D eigenvalue weighted by Crippen LogP contribution is -3.06. The molecule has 1 aromatic heterocycles. The molecule has 0 aliphatic rings. The molecule has 0 fully saturated rings. The summed E-state index contributed by atoms with van der Waals surface area (Å²) >= 11 is 1.52. The first-order valence-corrected chi connectivity index (χ1v) is 10.4. The van der Waals surface area contributed by atoms with Gasteiger partial charge in [-0.3, -0.25) is 9.69 Å². The maximum Gasteiger partial charge on any atom is 0.260 e. The van der Waals surface area contributed by atoms with Gasteiger partial charge in [-0.2, -0.15) is 0 Å². The highest BCUT2D eigenvalue weighted by atomic mass is 32.1. The molecule has 4 rings (SSSR count). The predicted octanol–water partition coefficient (Wildman–Crippen LogP) is 3.25. The molecule has 0 aliphatic heterocycles. The molecule has 0 saturated heterocycles. The number of thiazole rings is 1. The Labute approximate surface area is 174 Å². The van der Waals surface area contributed by atoms with Crippen molar-refractivity contribution in [3.8, 4) is 5.75 Å². The van der Waals surface area contributed by atoms with Crippen molar-refractivity contribution in [2.75, 3.05) is 39.2 Å². The Balaban J connectivity index is 1.73. The molecule has 6 heteroatoms. The Kier molecular flexibility index (Phi) is 5.47. The summed E-state index contributed by atoms with van der Waals surface area (Å²) in [6.07, 6.45) is 0. The Morgan fingerprint density at radius 1 is 1.07 bits per heavy atom. The van der Waals surface area contributed by atoms with E-state index in [1.165, 1.54) is 16.2 Å². The molecular weight excluding hydrogens is 382 g/mol. The highest BCUT2D eigenvalue weighted by molar-refractivity contribution is 7.22. The van der Waals surface area contributed by atoms with Gasteiger partial charge >= 0.3 is 0 Å². The van der Waals surface area contributed by atoms with Gasteiger partial charge in [0, 0.05) is 5.56 Å². The number of ether oxygens (including phenoxy) is 1. The van der Waals surface area contributed by atoms with Gasteiger partial charge in [0.1, 0.15) is 5.75 Å². The lowest BCUT2D eigenvalue weighted by molar-refractivity contribution is -0.856. The zero-order valence-corrected chi connectivity index (χ0v) is 17.6. The van der Waals surface area contributed by atoms with Crippen LogP contribution in [0.3, 0.4) is 0 Å². The number of aromatic nitrogens is 1. The molecule has 0 atom stereocenters. The quantitative estimate of drug-likeness (QED) is 0.535. The Morgan fingerprint density at radius 3 is 2.62 bits per heavy atom. The van der Waals surface area contributed by atoms with Gasteiger partial charge in [-0.25, -0.2) is 4.98 Å². The van der Waals surface area contributed by atoms with Gasteiger partial charge < -0.3 is 9.64 Å². The standard InChI is InChI=1S/C23H23N3O2S/c1-25(2)12-13-26(23-24-20-11-10-19(28-3)15-21(20)29-23)22(27)18-9-8-16-6-4-5-7-17(16)14-18/h4-11,14-15H,12-13H2,1-3H3/p+1. The lowest BCUT2D eigenvalue weighted by Gasteiger charge is -2.21. The molecule has 0 aliphatic carbocycles. The minimum absolute atomic E-state index is 0.0250. The fourth-order valence-electron chi connectivity index (χ4n) is 3.23. The van der Waals surface area contributed by atoms with Crippen molar-refractivity contribution in [3.63, 3.8) is 0 Å². The fraction of sp³-hybridized carbons (Fsp3) is 0.217. The van der Waals surface area contributed by atoms with E-state index >= 15 is 0 Å². The number of benzene rings is 3. The van der Waals surface area contributed by atoms with Gasteiger partial charge in [-0.05, 0) is 41.1 Å². The van der Waals surface area contributed by atoms with Crippen LogP contribution in [0.5, 0.6) is 5.75 Å². The first kappa shape index (κ1) is 19.4. The van der Waals surface area contributed by atoms with Crippen molar-refractivity contribution < 1.29 is 14.4 Å². The van der Waals surface area contributed by atoms with Crippen LogP contribution in [0.2, 0.25) is 0 Å². The number of nitrogens with zero attached hydrogens (tertiary/aromatic N) is 2. The lowest BCUT2D eigenvalue weighted by atomic mass is 10.1. The molecule has 0 saturated carbocycles. The number of fused-ring (bicyclic) bond motifs is 2. The van der Waals surface area contributed by atoms with Crippen molar-refractivity contribution in [3.05, 3.63) is 66.2 Å². The number of likely N-dealkylation sites (N-methyl/N-ethyl adjacent to an activating group) is 1. The molecule has 1 heterocycles. The van der Waals surface area contributed by atoms with Crippen molar-refractivity contribution in [2.45, 2.75) is 0 Å². The number of anilines is 1. The third-order valence-electron chi connectivity index (χ3n) is 4.89. The van der Waals surface area contributed by atoms with Crippen LogP contribution in [0.1, 0.15) is 10.4 Å². The van der Waals surface area contributed by atoms with E-state index in [1.54, 1.807) is 12.0 Å². The van der Waals surface area contributed by atoms with Gasteiger partial charge in [0.05, 0.1) is 44.5 Å². The van der Waals surface area contributed by atoms with E-state index in [4.69, 9.17) is 9.72 Å². The van der Waals surface area contributed by atoms with Gasteiger partial charge in [-0.1, -0.05) is 41.7 Å². The summed E-state index contributed by atoms with van der Waals surface area (Å²) in [5, 5.41) is 2.90.